The van der Waals surface area contributed by atoms with Gasteiger partial charge in [-0.25, -0.2) is 9.69 Å². The van der Waals surface area contributed by atoms with Crippen molar-refractivity contribution in [2.45, 2.75) is 12.5 Å². The third-order valence-electron chi connectivity index (χ3n) is 4.69. The Morgan fingerprint density at radius 2 is 1.53 bits per heavy atom. The van der Waals surface area contributed by atoms with Crippen LogP contribution in [0.25, 0.3) is 0 Å². The number of carboxylic acids is 1. The van der Waals surface area contributed by atoms with Gasteiger partial charge in [-0.1, -0.05) is 18.2 Å². The number of amides is 2. The standard InChI is InChI=1S/C23H18N2O5/c26-21-14-20(24-16-8-6-15(7-9-16)23(28)29)22(27)25(21)17-10-12-19(13-11-17)30-18-4-2-1-3-5-18/h1-13,20,24H,14H2,(H,28,29)/t20-/m0/s1. The molecule has 3 aromatic rings. The topological polar surface area (TPSA) is 95.9 Å². The molecule has 0 aliphatic carbocycles. The molecule has 0 saturated carbocycles. The van der Waals surface area contributed by atoms with Crippen LogP contribution in [-0.4, -0.2) is 28.9 Å². The van der Waals surface area contributed by atoms with Crippen LogP contribution >= 0.6 is 0 Å². The largest absolute Gasteiger partial charge is 0.478 e. The van der Waals surface area contributed by atoms with Gasteiger partial charge in [0.1, 0.15) is 17.5 Å². The molecule has 1 saturated heterocycles. The van der Waals surface area contributed by atoms with Crippen LogP contribution in [0.5, 0.6) is 11.5 Å². The minimum atomic E-state index is -1.03. The fourth-order valence-electron chi connectivity index (χ4n) is 3.21. The number of benzene rings is 3. The molecule has 1 atom stereocenters. The quantitative estimate of drug-likeness (QED) is 0.607. The van der Waals surface area contributed by atoms with Gasteiger partial charge < -0.3 is 15.2 Å². The molecule has 1 fully saturated rings. The smallest absolute Gasteiger partial charge is 0.335 e. The molecule has 0 unspecified atom stereocenters. The van der Waals surface area contributed by atoms with Gasteiger partial charge in [-0.3, -0.25) is 9.59 Å². The summed E-state index contributed by atoms with van der Waals surface area (Å²) >= 11 is 0. The van der Waals surface area contributed by atoms with Crippen molar-refractivity contribution >= 4 is 29.2 Å². The number of anilines is 2. The van der Waals surface area contributed by atoms with Gasteiger partial charge in [0.2, 0.25) is 5.91 Å². The molecule has 4 rings (SSSR count). The summed E-state index contributed by atoms with van der Waals surface area (Å²) in [6.45, 7) is 0. The van der Waals surface area contributed by atoms with E-state index in [9.17, 15) is 14.4 Å². The maximum Gasteiger partial charge on any atom is 0.335 e. The van der Waals surface area contributed by atoms with Crippen molar-refractivity contribution < 1.29 is 24.2 Å². The number of nitrogens with one attached hydrogen (secondary N) is 1. The van der Waals surface area contributed by atoms with E-state index in [4.69, 9.17) is 9.84 Å². The summed E-state index contributed by atoms with van der Waals surface area (Å²) in [6, 6.07) is 21.3. The average Bonchev–Trinajstić information content (AvgIpc) is 3.03. The Labute approximate surface area is 172 Å². The number of carboxylic acid groups (broad SMARTS) is 1. The second kappa shape index (κ2) is 8.08. The molecule has 30 heavy (non-hydrogen) atoms. The van der Waals surface area contributed by atoms with Gasteiger partial charge in [-0.05, 0) is 60.7 Å². The Morgan fingerprint density at radius 1 is 0.900 bits per heavy atom. The van der Waals surface area contributed by atoms with Crippen LogP contribution in [-0.2, 0) is 9.59 Å². The summed E-state index contributed by atoms with van der Waals surface area (Å²) in [6.07, 6.45) is 0.0157. The zero-order chi connectivity index (χ0) is 21.1. The van der Waals surface area contributed by atoms with Crippen LogP contribution in [0.15, 0.2) is 78.9 Å². The van der Waals surface area contributed by atoms with Crippen LogP contribution in [0.2, 0.25) is 0 Å². The maximum atomic E-state index is 12.8. The van der Waals surface area contributed by atoms with E-state index in [-0.39, 0.29) is 23.8 Å². The zero-order valence-electron chi connectivity index (χ0n) is 15.8. The monoisotopic (exact) mass is 402 g/mol. The van der Waals surface area contributed by atoms with Gasteiger partial charge in [0.15, 0.2) is 0 Å². The molecule has 1 aliphatic rings. The molecular weight excluding hydrogens is 384 g/mol. The second-order valence-electron chi connectivity index (χ2n) is 6.76. The lowest BCUT2D eigenvalue weighted by Crippen LogP contribution is -2.34. The fraction of sp³-hybridized carbons (Fsp3) is 0.0870. The van der Waals surface area contributed by atoms with Crippen LogP contribution < -0.4 is 15.0 Å². The van der Waals surface area contributed by atoms with Gasteiger partial charge in [-0.15, -0.1) is 0 Å². The maximum absolute atomic E-state index is 12.8. The van der Waals surface area contributed by atoms with Gasteiger partial charge >= 0.3 is 5.97 Å². The normalized spacial score (nSPS) is 15.9. The highest BCUT2D eigenvalue weighted by Gasteiger charge is 2.39. The summed E-state index contributed by atoms with van der Waals surface area (Å²) in [4.78, 5) is 37.3. The second-order valence-corrected chi connectivity index (χ2v) is 6.76. The van der Waals surface area contributed by atoms with Crippen LogP contribution in [0, 0.1) is 0 Å². The van der Waals surface area contributed by atoms with E-state index < -0.39 is 12.0 Å². The van der Waals surface area contributed by atoms with Gasteiger partial charge in [0.05, 0.1) is 17.7 Å². The lowest BCUT2D eigenvalue weighted by molar-refractivity contribution is -0.121. The van der Waals surface area contributed by atoms with E-state index in [1.807, 2.05) is 30.3 Å². The van der Waals surface area contributed by atoms with Crippen LogP contribution in [0.3, 0.4) is 0 Å². The van der Waals surface area contributed by atoms with E-state index in [1.54, 1.807) is 36.4 Å². The van der Waals surface area contributed by atoms with E-state index >= 15 is 0 Å². The van der Waals surface area contributed by atoms with E-state index in [0.29, 0.717) is 22.9 Å². The molecule has 3 aromatic carbocycles. The molecular formula is C23H18N2O5. The van der Waals surface area contributed by atoms with Gasteiger partial charge in [0.25, 0.3) is 5.91 Å². The number of para-hydroxylation sites is 1. The first-order valence-corrected chi connectivity index (χ1v) is 9.31. The Hall–Kier alpha value is -4.13. The number of imide groups is 1. The van der Waals surface area contributed by atoms with Crippen molar-refractivity contribution in [3.05, 3.63) is 84.4 Å². The molecule has 1 aliphatic heterocycles. The molecule has 1 heterocycles. The Bertz CT molecular complexity index is 1080. The van der Waals surface area contributed by atoms with Gasteiger partial charge in [-0.2, -0.15) is 0 Å². The first kappa shape index (κ1) is 19.2. The lowest BCUT2D eigenvalue weighted by Gasteiger charge is -2.16. The van der Waals surface area contributed by atoms with E-state index in [1.165, 1.54) is 12.1 Å². The first-order chi connectivity index (χ1) is 14.5. The number of nitrogens with zero attached hydrogens (tertiary/aromatic N) is 1. The predicted molar refractivity (Wildman–Crippen MR) is 111 cm³/mol. The number of carbonyl (C=O) groups is 3. The number of hydrogen-bond donors (Lipinski definition) is 2. The summed E-state index contributed by atoms with van der Waals surface area (Å²) < 4.78 is 5.73. The third kappa shape index (κ3) is 4.00. The molecule has 2 amide bonds. The fourth-order valence-corrected chi connectivity index (χ4v) is 3.21. The summed E-state index contributed by atoms with van der Waals surface area (Å²) in [5.74, 6) is -0.413. The molecule has 0 bridgehead atoms. The predicted octanol–water partition coefficient (Wildman–Crippen LogP) is 3.92. The van der Waals surface area contributed by atoms with Crippen LogP contribution in [0.4, 0.5) is 11.4 Å². The van der Waals surface area contributed by atoms with Crippen molar-refractivity contribution in [1.82, 2.24) is 0 Å². The highest BCUT2D eigenvalue weighted by Crippen LogP contribution is 2.28. The van der Waals surface area contributed by atoms with Crippen molar-refractivity contribution in [2.24, 2.45) is 0 Å². The SMILES string of the molecule is O=C(O)c1ccc(N[C@H]2CC(=O)N(c3ccc(Oc4ccccc4)cc3)C2=O)cc1. The first-order valence-electron chi connectivity index (χ1n) is 9.31. The lowest BCUT2D eigenvalue weighted by atomic mass is 10.2. The highest BCUT2D eigenvalue weighted by molar-refractivity contribution is 6.23. The molecule has 0 aromatic heterocycles. The highest BCUT2D eigenvalue weighted by atomic mass is 16.5. The number of rotatable bonds is 6. The molecule has 2 N–H and O–H groups in total. The Balaban J connectivity index is 1.45. The number of ether oxygens (including phenoxy) is 1. The number of aromatic carboxylic acids is 1. The summed E-state index contributed by atoms with van der Waals surface area (Å²) in [7, 11) is 0. The van der Waals surface area contributed by atoms with Gasteiger partial charge in [0, 0.05) is 5.69 Å². The zero-order valence-corrected chi connectivity index (χ0v) is 15.8. The molecule has 7 nitrogen and oxygen atoms in total. The minimum Gasteiger partial charge on any atom is -0.478 e. The molecule has 7 heteroatoms. The van der Waals surface area contributed by atoms with Crippen molar-refractivity contribution in [3.8, 4) is 11.5 Å². The molecule has 150 valence electrons. The molecule has 0 spiro atoms. The number of carbonyl (C=O) groups excluding carboxylic acids is 2. The molecule has 0 radical (unpaired) electrons. The third-order valence-corrected chi connectivity index (χ3v) is 4.69. The summed E-state index contributed by atoms with van der Waals surface area (Å²) in [5.41, 5.74) is 1.18. The minimum absolute atomic E-state index is 0.0157. The number of hydrogen-bond acceptors (Lipinski definition) is 5. The van der Waals surface area contributed by atoms with Crippen LogP contribution in [0.1, 0.15) is 16.8 Å². The Morgan fingerprint density at radius 3 is 2.17 bits per heavy atom. The van der Waals surface area contributed by atoms with E-state index in [2.05, 4.69) is 5.32 Å². The average molecular weight is 402 g/mol. The van der Waals surface area contributed by atoms with E-state index in [0.717, 1.165) is 4.90 Å². The van der Waals surface area contributed by atoms with Crippen molar-refractivity contribution in [1.29, 1.82) is 0 Å². The van der Waals surface area contributed by atoms with Crippen molar-refractivity contribution in [3.63, 3.8) is 0 Å². The Kier molecular flexibility index (Phi) is 5.17. The summed E-state index contributed by atoms with van der Waals surface area (Å²) in [5, 5.41) is 12.0. The van der Waals surface area contributed by atoms with Crippen molar-refractivity contribution in [2.75, 3.05) is 10.2 Å².